The van der Waals surface area contributed by atoms with Crippen LogP contribution in [-0.2, 0) is 14.3 Å². The molecule has 0 aliphatic carbocycles. The van der Waals surface area contributed by atoms with Crippen molar-refractivity contribution in [1.82, 2.24) is 9.78 Å². The van der Waals surface area contributed by atoms with Gasteiger partial charge in [0.15, 0.2) is 11.5 Å². The smallest absolute Gasteiger partial charge is 0.347 e. The zero-order chi connectivity index (χ0) is 21.1. The van der Waals surface area contributed by atoms with Crippen molar-refractivity contribution in [2.24, 2.45) is 0 Å². The number of benzene rings is 2. The molecule has 30 heavy (non-hydrogen) atoms. The van der Waals surface area contributed by atoms with E-state index in [2.05, 4.69) is 5.10 Å². The average Bonchev–Trinajstić information content (AvgIpc) is 3.40. The van der Waals surface area contributed by atoms with Crippen LogP contribution in [0.5, 0.6) is 11.5 Å². The van der Waals surface area contributed by atoms with Gasteiger partial charge in [-0.15, -0.1) is 0 Å². The number of carbonyl (C=O) groups is 2. The fraction of sp³-hybridized carbons (Fsp3) is 0.227. The standard InChI is InChI=1S/C22H20N2O6/c1-27-17-9-8-14(12-19(17)28-2)20-16(21(25)30-18-10-11-29-22(18)26)13-24(23-20)15-6-4-3-5-7-15/h3-9,12-13,18H,10-11H2,1-2H3/t18-/m0/s1. The van der Waals surface area contributed by atoms with E-state index in [1.54, 1.807) is 36.2 Å². The van der Waals surface area contributed by atoms with Gasteiger partial charge >= 0.3 is 11.9 Å². The molecule has 2 aromatic carbocycles. The number of esters is 2. The summed E-state index contributed by atoms with van der Waals surface area (Å²) in [5.74, 6) is -0.123. The van der Waals surface area contributed by atoms with Gasteiger partial charge in [0.25, 0.3) is 0 Å². The molecule has 0 spiro atoms. The van der Waals surface area contributed by atoms with Crippen LogP contribution in [0.1, 0.15) is 16.8 Å². The molecule has 8 nitrogen and oxygen atoms in total. The summed E-state index contributed by atoms with van der Waals surface area (Å²) in [6.45, 7) is 0.239. The van der Waals surface area contributed by atoms with Crippen LogP contribution in [-0.4, -0.2) is 48.6 Å². The molecule has 1 atom stereocenters. The maximum absolute atomic E-state index is 12.9. The van der Waals surface area contributed by atoms with Gasteiger partial charge in [0.2, 0.25) is 6.10 Å². The Balaban J connectivity index is 1.77. The van der Waals surface area contributed by atoms with Gasteiger partial charge in [-0.1, -0.05) is 18.2 Å². The Labute approximate surface area is 172 Å². The third-order valence-corrected chi connectivity index (χ3v) is 4.75. The zero-order valence-electron chi connectivity index (χ0n) is 16.5. The van der Waals surface area contributed by atoms with Crippen molar-refractivity contribution in [2.75, 3.05) is 20.8 Å². The maximum atomic E-state index is 12.9. The van der Waals surface area contributed by atoms with Crippen molar-refractivity contribution in [3.63, 3.8) is 0 Å². The minimum Gasteiger partial charge on any atom is -0.493 e. The molecule has 1 saturated heterocycles. The number of ether oxygens (including phenoxy) is 4. The summed E-state index contributed by atoms with van der Waals surface area (Å²) >= 11 is 0. The van der Waals surface area contributed by atoms with Crippen molar-refractivity contribution in [2.45, 2.75) is 12.5 Å². The van der Waals surface area contributed by atoms with Gasteiger partial charge in [-0.3, -0.25) is 0 Å². The predicted molar refractivity (Wildman–Crippen MR) is 107 cm³/mol. The molecule has 4 rings (SSSR count). The van der Waals surface area contributed by atoms with Gasteiger partial charge in [-0.25, -0.2) is 14.3 Å². The Hall–Kier alpha value is -3.81. The molecule has 3 aromatic rings. The van der Waals surface area contributed by atoms with Crippen LogP contribution >= 0.6 is 0 Å². The van der Waals surface area contributed by atoms with Crippen LogP contribution in [0.2, 0.25) is 0 Å². The van der Waals surface area contributed by atoms with Crippen LogP contribution in [0.4, 0.5) is 0 Å². The molecule has 0 amide bonds. The monoisotopic (exact) mass is 408 g/mol. The molecule has 1 fully saturated rings. The third kappa shape index (κ3) is 3.71. The third-order valence-electron chi connectivity index (χ3n) is 4.75. The quantitative estimate of drug-likeness (QED) is 0.579. The molecule has 1 aliphatic rings. The topological polar surface area (TPSA) is 88.9 Å². The predicted octanol–water partition coefficient (Wildman–Crippen LogP) is 3.03. The Morgan fingerprint density at radius 2 is 1.87 bits per heavy atom. The summed E-state index contributed by atoms with van der Waals surface area (Å²) in [6.07, 6.45) is 1.02. The molecule has 1 aliphatic heterocycles. The first-order valence-corrected chi connectivity index (χ1v) is 9.36. The highest BCUT2D eigenvalue weighted by atomic mass is 16.6. The van der Waals surface area contributed by atoms with Crippen LogP contribution in [0.15, 0.2) is 54.7 Å². The second-order valence-corrected chi connectivity index (χ2v) is 6.59. The second-order valence-electron chi connectivity index (χ2n) is 6.59. The van der Waals surface area contributed by atoms with Crippen LogP contribution in [0, 0.1) is 0 Å². The van der Waals surface area contributed by atoms with Crippen LogP contribution in [0.25, 0.3) is 16.9 Å². The molecule has 2 heterocycles. The number of nitrogens with zero attached hydrogens (tertiary/aromatic N) is 2. The number of hydrogen-bond acceptors (Lipinski definition) is 7. The molecule has 0 radical (unpaired) electrons. The van der Waals surface area contributed by atoms with Gasteiger partial charge in [-0.2, -0.15) is 5.10 Å². The van der Waals surface area contributed by atoms with Crippen molar-refractivity contribution in [3.05, 3.63) is 60.3 Å². The Morgan fingerprint density at radius 3 is 2.53 bits per heavy atom. The minimum atomic E-state index is -0.907. The lowest BCUT2D eigenvalue weighted by molar-refractivity contribution is -0.145. The number of cyclic esters (lactones) is 1. The average molecular weight is 408 g/mol. The summed E-state index contributed by atoms with van der Waals surface area (Å²) in [6, 6.07) is 14.6. The molecule has 154 valence electrons. The van der Waals surface area contributed by atoms with E-state index < -0.39 is 18.0 Å². The minimum absolute atomic E-state index is 0.228. The summed E-state index contributed by atoms with van der Waals surface area (Å²) in [4.78, 5) is 24.6. The highest BCUT2D eigenvalue weighted by Gasteiger charge is 2.32. The summed E-state index contributed by atoms with van der Waals surface area (Å²) in [5.41, 5.74) is 2.05. The first-order valence-electron chi connectivity index (χ1n) is 9.36. The molecular formula is C22H20N2O6. The number of methoxy groups -OCH3 is 2. The number of para-hydroxylation sites is 1. The van der Waals surface area contributed by atoms with Gasteiger partial charge < -0.3 is 18.9 Å². The molecule has 0 bridgehead atoms. The van der Waals surface area contributed by atoms with Crippen molar-refractivity contribution < 1.29 is 28.5 Å². The molecule has 0 unspecified atom stereocenters. The molecule has 0 N–H and O–H groups in total. The van der Waals surface area contributed by atoms with Gasteiger partial charge in [0.1, 0.15) is 11.3 Å². The van der Waals surface area contributed by atoms with E-state index in [0.717, 1.165) is 5.69 Å². The lowest BCUT2D eigenvalue weighted by atomic mass is 10.1. The Bertz CT molecular complexity index is 1080. The highest BCUT2D eigenvalue weighted by Crippen LogP contribution is 2.34. The van der Waals surface area contributed by atoms with E-state index >= 15 is 0 Å². The maximum Gasteiger partial charge on any atom is 0.347 e. The summed E-state index contributed by atoms with van der Waals surface area (Å²) in [5, 5.41) is 4.60. The summed E-state index contributed by atoms with van der Waals surface area (Å²) in [7, 11) is 3.08. The largest absolute Gasteiger partial charge is 0.493 e. The van der Waals surface area contributed by atoms with E-state index in [1.165, 1.54) is 7.11 Å². The summed E-state index contributed by atoms with van der Waals surface area (Å²) < 4.78 is 22.5. The van der Waals surface area contributed by atoms with E-state index in [1.807, 2.05) is 30.3 Å². The first kappa shape index (κ1) is 19.5. The first-order chi connectivity index (χ1) is 14.6. The van der Waals surface area contributed by atoms with E-state index in [9.17, 15) is 9.59 Å². The SMILES string of the molecule is COc1ccc(-c2nn(-c3ccccc3)cc2C(=O)O[C@H]2CCOC2=O)cc1OC. The zero-order valence-corrected chi connectivity index (χ0v) is 16.5. The number of carbonyl (C=O) groups excluding carboxylic acids is 2. The van der Waals surface area contributed by atoms with E-state index in [-0.39, 0.29) is 12.2 Å². The lowest BCUT2D eigenvalue weighted by Gasteiger charge is -2.10. The lowest BCUT2D eigenvalue weighted by Crippen LogP contribution is -2.22. The van der Waals surface area contributed by atoms with Gasteiger partial charge in [0.05, 0.1) is 26.5 Å². The van der Waals surface area contributed by atoms with Gasteiger partial charge in [-0.05, 0) is 30.3 Å². The number of hydrogen-bond donors (Lipinski definition) is 0. The fourth-order valence-corrected chi connectivity index (χ4v) is 3.21. The van der Waals surface area contributed by atoms with Crippen LogP contribution < -0.4 is 9.47 Å². The molecule has 0 saturated carbocycles. The second kappa shape index (κ2) is 8.28. The van der Waals surface area contributed by atoms with Crippen LogP contribution in [0.3, 0.4) is 0 Å². The van der Waals surface area contributed by atoms with Crippen molar-refractivity contribution in [3.8, 4) is 28.4 Å². The van der Waals surface area contributed by atoms with Crippen molar-refractivity contribution in [1.29, 1.82) is 0 Å². The fourth-order valence-electron chi connectivity index (χ4n) is 3.21. The molecule has 8 heteroatoms. The van der Waals surface area contributed by atoms with Gasteiger partial charge in [0, 0.05) is 18.2 Å². The Kier molecular flexibility index (Phi) is 5.38. The van der Waals surface area contributed by atoms with E-state index in [4.69, 9.17) is 18.9 Å². The van der Waals surface area contributed by atoms with Crippen molar-refractivity contribution >= 4 is 11.9 Å². The highest BCUT2D eigenvalue weighted by molar-refractivity contribution is 5.97. The molecular weight excluding hydrogens is 388 g/mol. The normalized spacial score (nSPS) is 15.5. The Morgan fingerprint density at radius 1 is 1.10 bits per heavy atom. The number of rotatable bonds is 6. The van der Waals surface area contributed by atoms with E-state index in [0.29, 0.717) is 29.2 Å². The molecule has 1 aromatic heterocycles. The number of aromatic nitrogens is 2.